The van der Waals surface area contributed by atoms with E-state index in [0.717, 1.165) is 5.56 Å². The van der Waals surface area contributed by atoms with E-state index in [1.54, 1.807) is 65.4 Å². The quantitative estimate of drug-likeness (QED) is 0.345. The third-order valence-electron chi connectivity index (χ3n) is 5.55. The number of ether oxygens (including phenoxy) is 2. The first-order valence-electron chi connectivity index (χ1n) is 11.6. The lowest BCUT2D eigenvalue weighted by Gasteiger charge is -2.19. The molecule has 4 aromatic rings. The smallest absolute Gasteiger partial charge is 0.356 e. The van der Waals surface area contributed by atoms with E-state index < -0.39 is 5.97 Å². The van der Waals surface area contributed by atoms with Crippen LogP contribution < -0.4 is 15.9 Å². The lowest BCUT2D eigenvalue weighted by molar-refractivity contribution is 0.0593. The predicted molar refractivity (Wildman–Crippen MR) is 142 cm³/mol. The first-order chi connectivity index (χ1) is 17.6. The highest BCUT2D eigenvalue weighted by Crippen LogP contribution is 2.23. The number of carbonyl (C=O) groups is 1. The maximum Gasteiger partial charge on any atom is 0.356 e. The van der Waals surface area contributed by atoms with Gasteiger partial charge >= 0.3 is 5.97 Å². The Morgan fingerprint density at radius 1 is 1.05 bits per heavy atom. The summed E-state index contributed by atoms with van der Waals surface area (Å²) in [4.78, 5) is 37.2. The average Bonchev–Trinajstić information content (AvgIpc) is 2.87. The van der Waals surface area contributed by atoms with Crippen LogP contribution in [0.5, 0.6) is 11.6 Å². The molecule has 190 valence electrons. The summed E-state index contributed by atoms with van der Waals surface area (Å²) >= 11 is 6.03. The van der Waals surface area contributed by atoms with Crippen molar-refractivity contribution in [2.45, 2.75) is 32.7 Å². The second-order valence-electron chi connectivity index (χ2n) is 9.35. The molecule has 0 aliphatic carbocycles. The Labute approximate surface area is 219 Å². The molecule has 0 spiro atoms. The number of esters is 1. The van der Waals surface area contributed by atoms with E-state index >= 15 is 0 Å². The first kappa shape index (κ1) is 25.9. The first-order valence-corrected chi connectivity index (χ1v) is 12.0. The summed E-state index contributed by atoms with van der Waals surface area (Å²) in [6, 6.07) is 19.2. The summed E-state index contributed by atoms with van der Waals surface area (Å²) in [7, 11) is 1.29. The molecule has 1 N–H and O–H groups in total. The highest BCUT2D eigenvalue weighted by molar-refractivity contribution is 6.30. The molecule has 0 radical (unpaired) electrons. The van der Waals surface area contributed by atoms with Gasteiger partial charge in [0.25, 0.3) is 5.56 Å². The van der Waals surface area contributed by atoms with E-state index in [9.17, 15) is 9.59 Å². The molecule has 2 aromatic carbocycles. The number of carbonyl (C=O) groups excluding carboxylic acids is 1. The van der Waals surface area contributed by atoms with E-state index in [1.165, 1.54) is 7.11 Å². The summed E-state index contributed by atoms with van der Waals surface area (Å²) in [6.45, 7) is 6.32. The number of H-pyrrole nitrogens is 1. The topological polar surface area (TPSA) is 98.6 Å². The number of methoxy groups -OCH3 is 1. The minimum absolute atomic E-state index is 0.114. The number of benzene rings is 2. The van der Waals surface area contributed by atoms with Crippen LogP contribution >= 0.6 is 11.6 Å². The molecule has 4 rings (SSSR count). The Hall–Kier alpha value is -4.17. The largest absolute Gasteiger partial charge is 0.464 e. The third-order valence-corrected chi connectivity index (χ3v) is 5.80. The molecule has 0 aliphatic heterocycles. The zero-order valence-corrected chi connectivity index (χ0v) is 21.7. The van der Waals surface area contributed by atoms with Crippen LogP contribution in [0.3, 0.4) is 0 Å². The number of aromatic nitrogens is 3. The van der Waals surface area contributed by atoms with Crippen molar-refractivity contribution in [2.75, 3.05) is 7.11 Å². The van der Waals surface area contributed by atoms with E-state index in [4.69, 9.17) is 21.1 Å². The number of pyridine rings is 1. The van der Waals surface area contributed by atoms with Gasteiger partial charge in [-0.2, -0.15) is 0 Å². The van der Waals surface area contributed by atoms with Crippen LogP contribution in [0.4, 0.5) is 5.69 Å². The Morgan fingerprint density at radius 3 is 2.41 bits per heavy atom. The van der Waals surface area contributed by atoms with Crippen LogP contribution in [0.2, 0.25) is 5.02 Å². The van der Waals surface area contributed by atoms with Crippen LogP contribution in [-0.2, 0) is 16.7 Å². The Morgan fingerprint density at radius 2 is 1.76 bits per heavy atom. The molecule has 0 fully saturated rings. The van der Waals surface area contributed by atoms with Crippen molar-refractivity contribution < 1.29 is 14.3 Å². The molecule has 37 heavy (non-hydrogen) atoms. The van der Waals surface area contributed by atoms with Gasteiger partial charge in [0.05, 0.1) is 19.3 Å². The SMILES string of the molecule is COC(=O)c1cccc(Oc2ccc(/N=c3\[nH]cc(C(C)(C)C)c(=O)n3Cc3ccc(Cl)cc3)cc2)n1. The zero-order valence-electron chi connectivity index (χ0n) is 21.0. The maximum absolute atomic E-state index is 13.4. The maximum atomic E-state index is 13.4. The molecule has 8 nitrogen and oxygen atoms in total. The molecular weight excluding hydrogens is 492 g/mol. The Kier molecular flexibility index (Phi) is 7.59. The highest BCUT2D eigenvalue weighted by atomic mass is 35.5. The summed E-state index contributed by atoms with van der Waals surface area (Å²) < 4.78 is 12.1. The van der Waals surface area contributed by atoms with E-state index in [2.05, 4.69) is 15.0 Å². The van der Waals surface area contributed by atoms with Crippen LogP contribution in [0, 0.1) is 0 Å². The Bertz CT molecular complexity index is 1530. The number of nitrogens with zero attached hydrogens (tertiary/aromatic N) is 3. The Balaban J connectivity index is 1.66. The van der Waals surface area contributed by atoms with Gasteiger partial charge in [0.2, 0.25) is 11.5 Å². The molecule has 0 saturated carbocycles. The lowest BCUT2D eigenvalue weighted by Crippen LogP contribution is -2.40. The van der Waals surface area contributed by atoms with E-state index in [0.29, 0.717) is 34.2 Å². The van der Waals surface area contributed by atoms with Crippen molar-refractivity contribution in [2.24, 2.45) is 4.99 Å². The number of rotatable bonds is 6. The van der Waals surface area contributed by atoms with Crippen molar-refractivity contribution in [1.82, 2.24) is 14.5 Å². The van der Waals surface area contributed by atoms with Gasteiger partial charge in [-0.15, -0.1) is 0 Å². The van der Waals surface area contributed by atoms with Gasteiger partial charge in [0.15, 0.2) is 5.69 Å². The van der Waals surface area contributed by atoms with Crippen LogP contribution in [0.15, 0.2) is 82.7 Å². The van der Waals surface area contributed by atoms with Crippen LogP contribution in [0.1, 0.15) is 42.4 Å². The zero-order chi connectivity index (χ0) is 26.6. The van der Waals surface area contributed by atoms with Gasteiger partial charge in [-0.25, -0.2) is 14.8 Å². The van der Waals surface area contributed by atoms with Gasteiger partial charge in [-0.1, -0.05) is 50.6 Å². The van der Waals surface area contributed by atoms with Crippen molar-refractivity contribution in [1.29, 1.82) is 0 Å². The standard InChI is InChI=1S/C28H27ClN4O4/c1-28(2,3)22-16-30-27(33(25(22)34)17-18-8-10-19(29)11-9-18)31-20-12-14-21(15-13-20)37-24-7-5-6-23(32-24)26(35)36-4/h5-16H,17H2,1-4H3,(H,30,31). The highest BCUT2D eigenvalue weighted by Gasteiger charge is 2.20. The third kappa shape index (κ3) is 6.34. The molecule has 0 unspecified atom stereocenters. The second kappa shape index (κ2) is 10.8. The average molecular weight is 519 g/mol. The molecule has 0 amide bonds. The van der Waals surface area contributed by atoms with Crippen molar-refractivity contribution in [3.05, 3.63) is 111 Å². The number of aromatic amines is 1. The minimum Gasteiger partial charge on any atom is -0.464 e. The monoisotopic (exact) mass is 518 g/mol. The molecule has 0 bridgehead atoms. The summed E-state index contributed by atoms with van der Waals surface area (Å²) in [5, 5.41) is 0.630. The fourth-order valence-corrected chi connectivity index (χ4v) is 3.71. The van der Waals surface area contributed by atoms with Gasteiger partial charge in [0, 0.05) is 22.8 Å². The van der Waals surface area contributed by atoms with Crippen molar-refractivity contribution in [3.8, 4) is 11.6 Å². The molecule has 9 heteroatoms. The minimum atomic E-state index is -0.544. The molecular formula is C28H27ClN4O4. The number of nitrogens with one attached hydrogen (secondary N) is 1. The van der Waals surface area contributed by atoms with Gasteiger partial charge in [0.1, 0.15) is 5.75 Å². The van der Waals surface area contributed by atoms with E-state index in [-0.39, 0.29) is 22.5 Å². The molecule has 0 saturated heterocycles. The van der Waals surface area contributed by atoms with E-state index in [1.807, 2.05) is 32.9 Å². The predicted octanol–water partition coefficient (Wildman–Crippen LogP) is 5.38. The molecule has 2 aromatic heterocycles. The summed E-state index contributed by atoms with van der Waals surface area (Å²) in [6.07, 6.45) is 1.72. The fraction of sp³-hybridized carbons (Fsp3) is 0.214. The number of halogens is 1. The van der Waals surface area contributed by atoms with Gasteiger partial charge in [-0.3, -0.25) is 9.36 Å². The second-order valence-corrected chi connectivity index (χ2v) is 9.79. The van der Waals surface area contributed by atoms with Gasteiger partial charge < -0.3 is 14.5 Å². The lowest BCUT2D eigenvalue weighted by atomic mass is 9.89. The van der Waals surface area contributed by atoms with Crippen LogP contribution in [0.25, 0.3) is 0 Å². The molecule has 0 aliphatic rings. The van der Waals surface area contributed by atoms with Gasteiger partial charge in [-0.05, 0) is 53.4 Å². The molecule has 0 atom stereocenters. The summed E-state index contributed by atoms with van der Waals surface area (Å²) in [5.41, 5.74) is 2.31. The molecule has 2 heterocycles. The van der Waals surface area contributed by atoms with Crippen LogP contribution in [-0.4, -0.2) is 27.6 Å². The summed E-state index contributed by atoms with van der Waals surface area (Å²) in [5.74, 6) is 0.229. The van der Waals surface area contributed by atoms with Crippen molar-refractivity contribution >= 4 is 23.3 Å². The number of hydrogen-bond acceptors (Lipinski definition) is 6. The normalized spacial score (nSPS) is 11.9. The fourth-order valence-electron chi connectivity index (χ4n) is 3.59. The number of hydrogen-bond donors (Lipinski definition) is 1. The van der Waals surface area contributed by atoms with Crippen molar-refractivity contribution in [3.63, 3.8) is 0 Å².